The molecule has 2 N–H and O–H groups in total. The van der Waals surface area contributed by atoms with E-state index in [4.69, 9.17) is 4.74 Å². The molecule has 0 radical (unpaired) electrons. The summed E-state index contributed by atoms with van der Waals surface area (Å²) in [5.74, 6) is -0.893. The fourth-order valence-corrected chi connectivity index (χ4v) is 3.08. The topological polar surface area (TPSA) is 75.6 Å². The largest absolute Gasteiger partial charge is 0.478 e. The van der Waals surface area contributed by atoms with Gasteiger partial charge < -0.3 is 15.2 Å². The summed E-state index contributed by atoms with van der Waals surface area (Å²) in [5, 5.41) is 13.9. The van der Waals surface area contributed by atoms with E-state index in [1.165, 1.54) is 5.56 Å². The zero-order valence-electron chi connectivity index (χ0n) is 16.4. The number of aryl methyl sites for hydroxylation is 1. The van der Waals surface area contributed by atoms with Gasteiger partial charge in [-0.15, -0.1) is 0 Å². The normalized spacial score (nSPS) is 11.4. The average molecular weight is 371 g/mol. The predicted octanol–water partition coefficient (Wildman–Crippen LogP) is 5.17. The fraction of sp³-hybridized carbons (Fsp3) is 0.455. The number of aromatic carboxylic acids is 1. The van der Waals surface area contributed by atoms with E-state index >= 15 is 0 Å². The van der Waals surface area contributed by atoms with E-state index < -0.39 is 11.6 Å². The monoisotopic (exact) mass is 371 g/mol. The molecule has 146 valence electrons. The van der Waals surface area contributed by atoms with E-state index in [9.17, 15) is 14.7 Å². The van der Waals surface area contributed by atoms with Crippen LogP contribution in [0.5, 0.6) is 0 Å². The Labute approximate surface area is 160 Å². The Morgan fingerprint density at radius 2 is 1.63 bits per heavy atom. The number of carbonyl (C=O) groups is 2. The first kappa shape index (κ1) is 20.7. The number of hydrogen-bond acceptors (Lipinski definition) is 3. The van der Waals surface area contributed by atoms with Gasteiger partial charge >= 0.3 is 12.1 Å². The second kappa shape index (κ2) is 9.40. The lowest BCUT2D eigenvalue weighted by molar-refractivity contribution is 0.0526. The van der Waals surface area contributed by atoms with Gasteiger partial charge in [-0.3, -0.25) is 0 Å². The molecule has 0 unspecified atom stereocenters. The summed E-state index contributed by atoms with van der Waals surface area (Å²) in [6.45, 7) is 6.16. The highest BCUT2D eigenvalue weighted by Crippen LogP contribution is 2.24. The summed E-state index contributed by atoms with van der Waals surface area (Å²) in [6.07, 6.45) is 4.58. The van der Waals surface area contributed by atoms with Gasteiger partial charge in [-0.2, -0.15) is 0 Å². The first-order valence-corrected chi connectivity index (χ1v) is 9.49. The Kier molecular flexibility index (Phi) is 7.22. The Balaban J connectivity index is 1.76. The fourth-order valence-electron chi connectivity index (χ4n) is 3.08. The molecule has 0 saturated heterocycles. The molecular weight excluding hydrogens is 342 g/mol. The van der Waals surface area contributed by atoms with Crippen LogP contribution in [0, 0.1) is 0 Å². The third-order valence-corrected chi connectivity index (χ3v) is 4.28. The number of nitrogens with one attached hydrogen (secondary N) is 1. The van der Waals surface area contributed by atoms with E-state index in [0.29, 0.717) is 12.1 Å². The van der Waals surface area contributed by atoms with E-state index in [0.717, 1.165) is 42.9 Å². The van der Waals surface area contributed by atoms with Gasteiger partial charge in [0.05, 0.1) is 5.56 Å². The molecule has 0 atom stereocenters. The van der Waals surface area contributed by atoms with Gasteiger partial charge in [0.15, 0.2) is 0 Å². The highest BCUT2D eigenvalue weighted by Gasteiger charge is 2.15. The summed E-state index contributed by atoms with van der Waals surface area (Å²) >= 11 is 0. The summed E-state index contributed by atoms with van der Waals surface area (Å²) in [7, 11) is 0. The molecule has 5 nitrogen and oxygen atoms in total. The zero-order valence-corrected chi connectivity index (χ0v) is 16.4. The maximum Gasteiger partial charge on any atom is 0.407 e. The Hall–Kier alpha value is -2.56. The Morgan fingerprint density at radius 3 is 2.33 bits per heavy atom. The molecule has 0 bridgehead atoms. The SMILES string of the molecule is CC(C)(C)OC(=O)NCCCCCCc1cccc2c(C(=O)O)cccc12. The number of amides is 1. The molecule has 0 saturated carbocycles. The minimum absolute atomic E-state index is 0.350. The molecule has 0 aliphatic rings. The van der Waals surface area contributed by atoms with Crippen molar-refractivity contribution in [3.63, 3.8) is 0 Å². The Bertz CT molecular complexity index is 792. The predicted molar refractivity (Wildman–Crippen MR) is 107 cm³/mol. The van der Waals surface area contributed by atoms with Gasteiger partial charge in [-0.1, -0.05) is 43.2 Å². The summed E-state index contributed by atoms with van der Waals surface area (Å²) < 4.78 is 5.20. The number of carbonyl (C=O) groups excluding carboxylic acids is 1. The lowest BCUT2D eigenvalue weighted by atomic mass is 9.96. The quantitative estimate of drug-likeness (QED) is 0.628. The van der Waals surface area contributed by atoms with Crippen molar-refractivity contribution in [2.24, 2.45) is 0 Å². The molecule has 0 spiro atoms. The standard InChI is InChI=1S/C22H29NO4/c1-22(2,3)27-21(26)23-15-7-5-4-6-10-16-11-8-13-18-17(16)12-9-14-19(18)20(24)25/h8-9,11-14H,4-7,10,15H2,1-3H3,(H,23,26)(H,24,25). The van der Waals surface area contributed by atoms with Crippen molar-refractivity contribution in [3.8, 4) is 0 Å². The van der Waals surface area contributed by atoms with Crippen LogP contribution >= 0.6 is 0 Å². The van der Waals surface area contributed by atoms with Crippen molar-refractivity contribution < 1.29 is 19.4 Å². The molecule has 0 heterocycles. The van der Waals surface area contributed by atoms with Gasteiger partial charge in [0, 0.05) is 6.54 Å². The highest BCUT2D eigenvalue weighted by molar-refractivity contribution is 6.04. The second-order valence-electron chi connectivity index (χ2n) is 7.72. The third-order valence-electron chi connectivity index (χ3n) is 4.28. The molecule has 1 amide bonds. The number of benzene rings is 2. The maximum atomic E-state index is 11.6. The number of carboxylic acids is 1. The zero-order chi connectivity index (χ0) is 19.9. The molecule has 5 heteroatoms. The summed E-state index contributed by atoms with van der Waals surface area (Å²) in [5.41, 5.74) is 1.06. The number of unbranched alkanes of at least 4 members (excludes halogenated alkanes) is 3. The van der Waals surface area contributed by atoms with Crippen LogP contribution in [0.2, 0.25) is 0 Å². The molecule has 2 aromatic carbocycles. The van der Waals surface area contributed by atoms with Crippen LogP contribution in [-0.2, 0) is 11.2 Å². The minimum Gasteiger partial charge on any atom is -0.478 e. The molecule has 0 aromatic heterocycles. The first-order chi connectivity index (χ1) is 12.8. The molecule has 0 aliphatic heterocycles. The molecule has 27 heavy (non-hydrogen) atoms. The Morgan fingerprint density at radius 1 is 0.963 bits per heavy atom. The average Bonchev–Trinajstić information content (AvgIpc) is 2.58. The van der Waals surface area contributed by atoms with Crippen molar-refractivity contribution >= 4 is 22.8 Å². The first-order valence-electron chi connectivity index (χ1n) is 9.49. The molecule has 0 fully saturated rings. The smallest absolute Gasteiger partial charge is 0.407 e. The van der Waals surface area contributed by atoms with Crippen molar-refractivity contribution in [2.45, 2.75) is 58.5 Å². The van der Waals surface area contributed by atoms with Crippen LogP contribution in [0.4, 0.5) is 4.79 Å². The van der Waals surface area contributed by atoms with Crippen molar-refractivity contribution in [1.82, 2.24) is 5.32 Å². The van der Waals surface area contributed by atoms with Crippen LogP contribution < -0.4 is 5.32 Å². The summed E-state index contributed by atoms with van der Waals surface area (Å²) in [4.78, 5) is 22.9. The molecule has 0 aliphatic carbocycles. The second-order valence-corrected chi connectivity index (χ2v) is 7.72. The molecular formula is C22H29NO4. The van der Waals surface area contributed by atoms with Crippen molar-refractivity contribution in [3.05, 3.63) is 47.5 Å². The number of rotatable bonds is 8. The number of alkyl carbamates (subject to hydrolysis) is 1. The van der Waals surface area contributed by atoms with Crippen LogP contribution in [0.15, 0.2) is 36.4 Å². The maximum absolute atomic E-state index is 11.6. The van der Waals surface area contributed by atoms with Crippen LogP contribution in [0.3, 0.4) is 0 Å². The van der Waals surface area contributed by atoms with Gasteiger partial charge in [0.1, 0.15) is 5.60 Å². The van der Waals surface area contributed by atoms with E-state index in [1.807, 2.05) is 39.0 Å². The minimum atomic E-state index is -0.893. The van der Waals surface area contributed by atoms with Crippen LogP contribution in [0.1, 0.15) is 62.4 Å². The number of carboxylic acid groups (broad SMARTS) is 1. The third kappa shape index (κ3) is 6.59. The number of ether oxygens (including phenoxy) is 1. The van der Waals surface area contributed by atoms with Crippen LogP contribution in [0.25, 0.3) is 10.8 Å². The number of hydrogen-bond donors (Lipinski definition) is 2. The van der Waals surface area contributed by atoms with Gasteiger partial charge in [0.25, 0.3) is 0 Å². The van der Waals surface area contributed by atoms with Gasteiger partial charge in [-0.25, -0.2) is 9.59 Å². The van der Waals surface area contributed by atoms with E-state index in [-0.39, 0.29) is 6.09 Å². The van der Waals surface area contributed by atoms with Crippen molar-refractivity contribution in [1.29, 1.82) is 0 Å². The van der Waals surface area contributed by atoms with Crippen molar-refractivity contribution in [2.75, 3.05) is 6.54 Å². The number of fused-ring (bicyclic) bond motifs is 1. The van der Waals surface area contributed by atoms with E-state index in [1.54, 1.807) is 12.1 Å². The molecule has 2 aromatic rings. The van der Waals surface area contributed by atoms with Gasteiger partial charge in [0.2, 0.25) is 0 Å². The lowest BCUT2D eigenvalue weighted by Gasteiger charge is -2.19. The summed E-state index contributed by atoms with van der Waals surface area (Å²) in [6, 6.07) is 11.3. The lowest BCUT2D eigenvalue weighted by Crippen LogP contribution is -2.32. The highest BCUT2D eigenvalue weighted by atomic mass is 16.6. The van der Waals surface area contributed by atoms with Gasteiger partial charge in [-0.05, 0) is 62.4 Å². The van der Waals surface area contributed by atoms with E-state index in [2.05, 4.69) is 11.4 Å². The van der Waals surface area contributed by atoms with Crippen LogP contribution in [-0.4, -0.2) is 29.3 Å². The molecule has 2 rings (SSSR count).